The van der Waals surface area contributed by atoms with Crippen LogP contribution in [-0.2, 0) is 10.0 Å². The molecule has 0 aliphatic heterocycles. The molecule has 3 rings (SSSR count). The predicted octanol–water partition coefficient (Wildman–Crippen LogP) is 3.08. The van der Waals surface area contributed by atoms with Crippen LogP contribution in [0.3, 0.4) is 0 Å². The Morgan fingerprint density at radius 2 is 2.05 bits per heavy atom. The van der Waals surface area contributed by atoms with E-state index in [0.29, 0.717) is 22.3 Å². The van der Waals surface area contributed by atoms with Crippen molar-refractivity contribution in [1.82, 2.24) is 9.71 Å². The number of rotatable bonds is 6. The van der Waals surface area contributed by atoms with E-state index in [1.54, 1.807) is 30.5 Å². The molecule has 1 heterocycles. The van der Waals surface area contributed by atoms with Gasteiger partial charge in [0.25, 0.3) is 0 Å². The maximum atomic E-state index is 12.6. The average molecular weight is 369 g/mol. The zero-order valence-corrected chi connectivity index (χ0v) is 14.0. The highest BCUT2D eigenvalue weighted by atomic mass is 79.9. The van der Waals surface area contributed by atoms with Gasteiger partial charge in [-0.15, -0.1) is 0 Å². The Balaban J connectivity index is 1.87. The molecule has 1 aliphatic carbocycles. The lowest BCUT2D eigenvalue weighted by Gasteiger charge is -2.15. The van der Waals surface area contributed by atoms with E-state index < -0.39 is 10.0 Å². The van der Waals surface area contributed by atoms with Crippen molar-refractivity contribution in [2.45, 2.75) is 24.2 Å². The number of nitrogens with one attached hydrogen (secondary N) is 1. The highest BCUT2D eigenvalue weighted by Crippen LogP contribution is 2.48. The third kappa shape index (κ3) is 3.12. The third-order valence-corrected chi connectivity index (χ3v) is 5.97. The standard InChI is InChI=1S/C15H17BrN2O2S/c16-9-8-15(6-7-15)11-18-21(19,20)14-5-1-4-13-12(14)3-2-10-17-13/h1-5,10,18H,6-9,11H2. The van der Waals surface area contributed by atoms with Crippen LogP contribution in [-0.4, -0.2) is 25.3 Å². The van der Waals surface area contributed by atoms with Gasteiger partial charge in [-0.1, -0.05) is 22.0 Å². The first-order valence-electron chi connectivity index (χ1n) is 6.96. The van der Waals surface area contributed by atoms with Gasteiger partial charge in [0.15, 0.2) is 0 Å². The molecule has 0 atom stereocenters. The Labute approximate surface area is 133 Å². The van der Waals surface area contributed by atoms with Crippen molar-refractivity contribution in [2.24, 2.45) is 5.41 Å². The van der Waals surface area contributed by atoms with Gasteiger partial charge in [0.05, 0.1) is 10.4 Å². The zero-order chi connectivity index (χ0) is 14.9. The molecule has 0 spiro atoms. The molecule has 112 valence electrons. The van der Waals surface area contributed by atoms with E-state index in [1.165, 1.54) is 0 Å². The molecule has 4 nitrogen and oxygen atoms in total. The molecule has 0 bridgehead atoms. The summed E-state index contributed by atoms with van der Waals surface area (Å²) in [6.45, 7) is 0.511. The monoisotopic (exact) mass is 368 g/mol. The molecule has 1 saturated carbocycles. The van der Waals surface area contributed by atoms with Gasteiger partial charge in [0.2, 0.25) is 10.0 Å². The van der Waals surface area contributed by atoms with Gasteiger partial charge in [-0.3, -0.25) is 4.98 Å². The van der Waals surface area contributed by atoms with Crippen LogP contribution in [0.15, 0.2) is 41.4 Å². The summed E-state index contributed by atoms with van der Waals surface area (Å²) >= 11 is 3.44. The summed E-state index contributed by atoms with van der Waals surface area (Å²) in [5, 5.41) is 1.57. The van der Waals surface area contributed by atoms with Crippen LogP contribution in [0, 0.1) is 5.41 Å². The van der Waals surface area contributed by atoms with Crippen LogP contribution in [0.4, 0.5) is 0 Å². The minimum Gasteiger partial charge on any atom is -0.256 e. The van der Waals surface area contributed by atoms with Gasteiger partial charge < -0.3 is 0 Å². The lowest BCUT2D eigenvalue weighted by molar-refractivity contribution is 0.480. The number of aromatic nitrogens is 1. The van der Waals surface area contributed by atoms with Crippen LogP contribution >= 0.6 is 15.9 Å². The number of hydrogen-bond donors (Lipinski definition) is 1. The van der Waals surface area contributed by atoms with Crippen molar-refractivity contribution < 1.29 is 8.42 Å². The minimum absolute atomic E-state index is 0.152. The molecule has 2 aromatic rings. The van der Waals surface area contributed by atoms with Gasteiger partial charge in [0, 0.05) is 23.5 Å². The van der Waals surface area contributed by atoms with Crippen LogP contribution in [0.2, 0.25) is 0 Å². The lowest BCUT2D eigenvalue weighted by atomic mass is 10.1. The Morgan fingerprint density at radius 3 is 2.76 bits per heavy atom. The molecule has 0 amide bonds. The Hall–Kier alpha value is -0.980. The van der Waals surface area contributed by atoms with Gasteiger partial charge in [0.1, 0.15) is 0 Å². The fourth-order valence-corrected chi connectivity index (χ4v) is 4.74. The molecule has 0 saturated heterocycles. The summed E-state index contributed by atoms with van der Waals surface area (Å²) < 4.78 is 27.9. The molecule has 1 aromatic carbocycles. The number of pyridine rings is 1. The van der Waals surface area contributed by atoms with Crippen LogP contribution in [0.25, 0.3) is 10.9 Å². The van der Waals surface area contributed by atoms with Crippen molar-refractivity contribution in [2.75, 3.05) is 11.9 Å². The van der Waals surface area contributed by atoms with E-state index in [0.717, 1.165) is 24.6 Å². The quantitative estimate of drug-likeness (QED) is 0.797. The van der Waals surface area contributed by atoms with E-state index in [-0.39, 0.29) is 5.41 Å². The second kappa shape index (κ2) is 5.66. The second-order valence-electron chi connectivity index (χ2n) is 5.59. The largest absolute Gasteiger partial charge is 0.256 e. The summed E-state index contributed by atoms with van der Waals surface area (Å²) in [5.74, 6) is 0. The second-order valence-corrected chi connectivity index (χ2v) is 8.12. The van der Waals surface area contributed by atoms with E-state index in [9.17, 15) is 8.42 Å². The fourth-order valence-electron chi connectivity index (χ4n) is 2.53. The van der Waals surface area contributed by atoms with Gasteiger partial charge in [-0.2, -0.15) is 0 Å². The van der Waals surface area contributed by atoms with Crippen molar-refractivity contribution in [3.63, 3.8) is 0 Å². The van der Waals surface area contributed by atoms with Crippen molar-refractivity contribution in [3.8, 4) is 0 Å². The number of alkyl halides is 1. The average Bonchev–Trinajstić information content (AvgIpc) is 3.25. The van der Waals surface area contributed by atoms with Gasteiger partial charge in [-0.05, 0) is 48.9 Å². The summed E-state index contributed by atoms with van der Waals surface area (Å²) in [5.41, 5.74) is 0.848. The Kier molecular flexibility index (Phi) is 4.03. The molecular weight excluding hydrogens is 352 g/mol. The van der Waals surface area contributed by atoms with Crippen LogP contribution in [0.5, 0.6) is 0 Å². The molecule has 1 aromatic heterocycles. The zero-order valence-electron chi connectivity index (χ0n) is 11.5. The molecule has 1 fully saturated rings. The smallest absolute Gasteiger partial charge is 0.241 e. The first-order chi connectivity index (χ1) is 10.1. The molecule has 0 unspecified atom stereocenters. The highest BCUT2D eigenvalue weighted by molar-refractivity contribution is 9.09. The SMILES string of the molecule is O=S(=O)(NCC1(CCBr)CC1)c1cccc2ncccc12. The molecule has 1 N–H and O–H groups in total. The first-order valence-corrected chi connectivity index (χ1v) is 9.56. The van der Waals surface area contributed by atoms with E-state index in [1.807, 2.05) is 6.07 Å². The molecule has 6 heteroatoms. The summed E-state index contributed by atoms with van der Waals surface area (Å²) in [7, 11) is -3.50. The van der Waals surface area contributed by atoms with E-state index in [4.69, 9.17) is 0 Å². The van der Waals surface area contributed by atoms with Crippen LogP contribution in [0.1, 0.15) is 19.3 Å². The van der Waals surface area contributed by atoms with E-state index in [2.05, 4.69) is 25.6 Å². The van der Waals surface area contributed by atoms with Crippen molar-refractivity contribution in [3.05, 3.63) is 36.5 Å². The highest BCUT2D eigenvalue weighted by Gasteiger charge is 2.42. The number of hydrogen-bond acceptors (Lipinski definition) is 3. The topological polar surface area (TPSA) is 59.1 Å². The summed E-state index contributed by atoms with van der Waals surface area (Å²) in [6, 6.07) is 8.74. The maximum absolute atomic E-state index is 12.6. The van der Waals surface area contributed by atoms with Crippen molar-refractivity contribution >= 4 is 36.9 Å². The number of fused-ring (bicyclic) bond motifs is 1. The Morgan fingerprint density at radius 1 is 1.24 bits per heavy atom. The molecular formula is C15H17BrN2O2S. The van der Waals surface area contributed by atoms with Crippen molar-refractivity contribution in [1.29, 1.82) is 0 Å². The summed E-state index contributed by atoms with van der Waals surface area (Å²) in [6.07, 6.45) is 4.87. The summed E-state index contributed by atoms with van der Waals surface area (Å²) in [4.78, 5) is 4.52. The predicted molar refractivity (Wildman–Crippen MR) is 87.0 cm³/mol. The molecule has 1 aliphatic rings. The number of nitrogens with zero attached hydrogens (tertiary/aromatic N) is 1. The van der Waals surface area contributed by atoms with E-state index >= 15 is 0 Å². The Bertz CT molecular complexity index is 752. The van der Waals surface area contributed by atoms with Gasteiger partial charge in [-0.25, -0.2) is 13.1 Å². The van der Waals surface area contributed by atoms with Gasteiger partial charge >= 0.3 is 0 Å². The molecule has 0 radical (unpaired) electrons. The lowest BCUT2D eigenvalue weighted by Crippen LogP contribution is -2.30. The number of sulfonamides is 1. The maximum Gasteiger partial charge on any atom is 0.241 e. The third-order valence-electron chi connectivity index (χ3n) is 4.11. The number of halogens is 1. The minimum atomic E-state index is -3.50. The fraction of sp³-hybridized carbons (Fsp3) is 0.400. The number of benzene rings is 1. The van der Waals surface area contributed by atoms with Crippen LogP contribution < -0.4 is 4.72 Å². The molecule has 21 heavy (non-hydrogen) atoms. The normalized spacial score (nSPS) is 17.0. The first kappa shape index (κ1) is 14.9.